The Morgan fingerprint density at radius 2 is 2.00 bits per heavy atom. The van der Waals surface area contributed by atoms with Crippen molar-refractivity contribution in [3.05, 3.63) is 0 Å². The van der Waals surface area contributed by atoms with Gasteiger partial charge in [0.25, 0.3) is 0 Å². The van der Waals surface area contributed by atoms with E-state index in [1.807, 2.05) is 13.8 Å². The van der Waals surface area contributed by atoms with Crippen molar-refractivity contribution in [1.82, 2.24) is 4.90 Å². The van der Waals surface area contributed by atoms with E-state index in [0.717, 1.165) is 6.54 Å². The minimum atomic E-state index is -0.898. The van der Waals surface area contributed by atoms with E-state index in [2.05, 4.69) is 0 Å². The van der Waals surface area contributed by atoms with E-state index >= 15 is 0 Å². The summed E-state index contributed by atoms with van der Waals surface area (Å²) in [5, 5.41) is 10.3. The maximum Gasteiger partial charge on any atom is 0.237 e. The zero-order valence-corrected chi connectivity index (χ0v) is 12.0. The number of carbonyl (C=O) groups excluding carboxylic acids is 1. The number of alkyl halides is 1. The van der Waals surface area contributed by atoms with Crippen molar-refractivity contribution in [3.63, 3.8) is 0 Å². The summed E-state index contributed by atoms with van der Waals surface area (Å²) in [6, 6.07) is -0.172. The molecule has 1 aliphatic rings. The van der Waals surface area contributed by atoms with Crippen LogP contribution in [0.15, 0.2) is 0 Å². The van der Waals surface area contributed by atoms with Gasteiger partial charge in [-0.3, -0.25) is 4.79 Å². The molecule has 0 saturated heterocycles. The molecule has 0 radical (unpaired) electrons. The van der Waals surface area contributed by atoms with E-state index in [4.69, 9.17) is 11.6 Å². The standard InChI is InChI=1S/C13H24ClNO2/c1-9(2)12(13(3,4)17)15(11(16)7-14)8-10-5-6-10/h9-10,12,17H,5-8H2,1-4H3/t12-/m0/s1. The second-order valence-corrected chi connectivity index (χ2v) is 6.23. The van der Waals surface area contributed by atoms with Gasteiger partial charge in [-0.1, -0.05) is 13.8 Å². The quantitative estimate of drug-likeness (QED) is 0.745. The van der Waals surface area contributed by atoms with E-state index < -0.39 is 5.60 Å². The van der Waals surface area contributed by atoms with Crippen LogP contribution in [0.2, 0.25) is 0 Å². The van der Waals surface area contributed by atoms with Gasteiger partial charge in [-0.25, -0.2) is 0 Å². The second-order valence-electron chi connectivity index (χ2n) is 5.97. The summed E-state index contributed by atoms with van der Waals surface area (Å²) >= 11 is 5.68. The molecular weight excluding hydrogens is 238 g/mol. The number of rotatable bonds is 6. The van der Waals surface area contributed by atoms with Crippen LogP contribution in [0.5, 0.6) is 0 Å². The molecule has 1 amide bonds. The van der Waals surface area contributed by atoms with Crippen molar-refractivity contribution < 1.29 is 9.90 Å². The Bertz CT molecular complexity index is 269. The molecule has 0 aromatic carbocycles. The molecule has 1 rings (SSSR count). The molecule has 1 saturated carbocycles. The van der Waals surface area contributed by atoms with Gasteiger partial charge in [0.1, 0.15) is 5.88 Å². The largest absolute Gasteiger partial charge is 0.388 e. The van der Waals surface area contributed by atoms with Crippen molar-refractivity contribution in [3.8, 4) is 0 Å². The molecule has 1 atom stereocenters. The third-order valence-corrected chi connectivity index (χ3v) is 3.51. The van der Waals surface area contributed by atoms with Crippen LogP contribution in [-0.4, -0.2) is 40.0 Å². The highest BCUT2D eigenvalue weighted by Crippen LogP contribution is 2.33. The minimum absolute atomic E-state index is 0.00792. The second kappa shape index (κ2) is 5.57. The number of hydrogen-bond acceptors (Lipinski definition) is 2. The van der Waals surface area contributed by atoms with Gasteiger partial charge in [0.05, 0.1) is 11.6 Å². The molecule has 3 nitrogen and oxygen atoms in total. The average molecular weight is 262 g/mol. The predicted molar refractivity (Wildman–Crippen MR) is 70.1 cm³/mol. The fraction of sp³-hybridized carbons (Fsp3) is 0.923. The summed E-state index contributed by atoms with van der Waals surface area (Å²) in [4.78, 5) is 13.7. The fourth-order valence-electron chi connectivity index (χ4n) is 2.58. The van der Waals surface area contributed by atoms with E-state index in [9.17, 15) is 9.90 Å². The van der Waals surface area contributed by atoms with E-state index in [-0.39, 0.29) is 23.7 Å². The number of amides is 1. The highest BCUT2D eigenvalue weighted by molar-refractivity contribution is 6.27. The summed E-state index contributed by atoms with van der Waals surface area (Å²) in [5.41, 5.74) is -0.898. The molecule has 17 heavy (non-hydrogen) atoms. The summed E-state index contributed by atoms with van der Waals surface area (Å²) < 4.78 is 0. The Hall–Kier alpha value is -0.280. The highest BCUT2D eigenvalue weighted by atomic mass is 35.5. The lowest BCUT2D eigenvalue weighted by molar-refractivity contribution is -0.139. The molecule has 1 N–H and O–H groups in total. The molecule has 100 valence electrons. The molecule has 0 aromatic heterocycles. The maximum absolute atomic E-state index is 12.0. The van der Waals surface area contributed by atoms with E-state index in [1.54, 1.807) is 18.7 Å². The summed E-state index contributed by atoms with van der Waals surface area (Å²) in [7, 11) is 0. The number of halogens is 1. The van der Waals surface area contributed by atoms with Gasteiger partial charge >= 0.3 is 0 Å². The SMILES string of the molecule is CC(C)[C@H](N(CC1CC1)C(=O)CCl)C(C)(C)O. The molecule has 0 unspecified atom stereocenters. The fourth-order valence-corrected chi connectivity index (χ4v) is 2.74. The van der Waals surface area contributed by atoms with Crippen molar-refractivity contribution in [2.75, 3.05) is 12.4 Å². The first-order valence-electron chi connectivity index (χ1n) is 6.35. The first-order valence-corrected chi connectivity index (χ1v) is 6.88. The Labute approximate surface area is 109 Å². The average Bonchev–Trinajstić information content (AvgIpc) is 2.96. The zero-order valence-electron chi connectivity index (χ0n) is 11.2. The van der Waals surface area contributed by atoms with E-state index in [0.29, 0.717) is 5.92 Å². The first-order chi connectivity index (χ1) is 7.77. The van der Waals surface area contributed by atoms with Crippen molar-refractivity contribution >= 4 is 17.5 Å². The molecular formula is C13H24ClNO2. The smallest absolute Gasteiger partial charge is 0.237 e. The Morgan fingerprint density at radius 3 is 2.29 bits per heavy atom. The molecule has 0 aromatic rings. The molecule has 1 fully saturated rings. The topological polar surface area (TPSA) is 40.5 Å². The van der Waals surface area contributed by atoms with Gasteiger partial charge in [-0.15, -0.1) is 11.6 Å². The van der Waals surface area contributed by atoms with Gasteiger partial charge in [-0.2, -0.15) is 0 Å². The monoisotopic (exact) mass is 261 g/mol. The van der Waals surface area contributed by atoms with Crippen LogP contribution < -0.4 is 0 Å². The Balaban J connectivity index is 2.86. The van der Waals surface area contributed by atoms with Crippen LogP contribution in [0.1, 0.15) is 40.5 Å². The predicted octanol–water partition coefficient (Wildman–Crippen LogP) is 2.26. The third-order valence-electron chi connectivity index (χ3n) is 3.28. The lowest BCUT2D eigenvalue weighted by atomic mass is 9.87. The molecule has 0 bridgehead atoms. The van der Waals surface area contributed by atoms with Gasteiger partial charge in [0.2, 0.25) is 5.91 Å². The van der Waals surface area contributed by atoms with E-state index in [1.165, 1.54) is 12.8 Å². The maximum atomic E-state index is 12.0. The molecule has 0 heterocycles. The number of carbonyl (C=O) groups is 1. The van der Waals surface area contributed by atoms with Gasteiger partial charge in [-0.05, 0) is 38.5 Å². The van der Waals surface area contributed by atoms with Crippen LogP contribution in [0.3, 0.4) is 0 Å². The van der Waals surface area contributed by atoms with Gasteiger partial charge < -0.3 is 10.0 Å². The van der Waals surface area contributed by atoms with Crippen LogP contribution >= 0.6 is 11.6 Å². The number of nitrogens with zero attached hydrogens (tertiary/aromatic N) is 1. The summed E-state index contributed by atoms with van der Waals surface area (Å²) in [5.74, 6) is 0.734. The normalized spacial score (nSPS) is 18.3. The molecule has 4 heteroatoms. The number of aliphatic hydroxyl groups is 1. The molecule has 0 spiro atoms. The van der Waals surface area contributed by atoms with Crippen LogP contribution in [-0.2, 0) is 4.79 Å². The summed E-state index contributed by atoms with van der Waals surface area (Å²) in [6.45, 7) is 8.32. The lowest BCUT2D eigenvalue weighted by Crippen LogP contribution is -2.55. The van der Waals surface area contributed by atoms with Crippen molar-refractivity contribution in [2.24, 2.45) is 11.8 Å². The Morgan fingerprint density at radius 1 is 1.47 bits per heavy atom. The molecule has 1 aliphatic carbocycles. The van der Waals surface area contributed by atoms with Crippen LogP contribution in [0.4, 0.5) is 0 Å². The Kier molecular flexibility index (Phi) is 4.85. The van der Waals surface area contributed by atoms with Crippen molar-refractivity contribution in [2.45, 2.75) is 52.2 Å². The van der Waals surface area contributed by atoms with Gasteiger partial charge in [0, 0.05) is 6.54 Å². The lowest BCUT2D eigenvalue weighted by Gasteiger charge is -2.41. The van der Waals surface area contributed by atoms with Crippen LogP contribution in [0.25, 0.3) is 0 Å². The zero-order chi connectivity index (χ0) is 13.2. The first kappa shape index (κ1) is 14.8. The molecule has 0 aliphatic heterocycles. The third kappa shape index (κ3) is 4.14. The van der Waals surface area contributed by atoms with Crippen LogP contribution in [0, 0.1) is 11.8 Å². The summed E-state index contributed by atoms with van der Waals surface area (Å²) in [6.07, 6.45) is 2.37. The minimum Gasteiger partial charge on any atom is -0.388 e. The van der Waals surface area contributed by atoms with Crippen molar-refractivity contribution in [1.29, 1.82) is 0 Å². The van der Waals surface area contributed by atoms with Gasteiger partial charge in [0.15, 0.2) is 0 Å². The highest BCUT2D eigenvalue weighted by Gasteiger charge is 2.39. The number of hydrogen-bond donors (Lipinski definition) is 1.